The van der Waals surface area contributed by atoms with E-state index in [1.165, 1.54) is 19.3 Å². The zero-order valence-corrected chi connectivity index (χ0v) is 22.2. The Morgan fingerprint density at radius 3 is 2.92 bits per heavy atom. The summed E-state index contributed by atoms with van der Waals surface area (Å²) in [6.07, 6.45) is 15.6. The van der Waals surface area contributed by atoms with E-state index in [1.807, 2.05) is 49.6 Å². The molecule has 3 aromatic rings. The quantitative estimate of drug-likeness (QED) is 0.148. The summed E-state index contributed by atoms with van der Waals surface area (Å²) in [4.78, 5) is 20.8. The van der Waals surface area contributed by atoms with Gasteiger partial charge in [-0.15, -0.1) is 0 Å². The molecule has 7 nitrogen and oxygen atoms in total. The third-order valence-electron chi connectivity index (χ3n) is 6.45. The van der Waals surface area contributed by atoms with Gasteiger partial charge in [0, 0.05) is 38.3 Å². The minimum Gasteiger partial charge on any atom is -0.487 e. The second-order valence-electron chi connectivity index (χ2n) is 9.36. The van der Waals surface area contributed by atoms with Crippen LogP contribution in [0.4, 0.5) is 0 Å². The monoisotopic (exact) mass is 513 g/mol. The molecule has 1 aliphatic rings. The Balaban J connectivity index is 1.39. The van der Waals surface area contributed by atoms with Crippen LogP contribution in [0.25, 0.3) is 5.69 Å². The molecule has 1 atom stereocenters. The molecular formula is C31H35N3O4. The van der Waals surface area contributed by atoms with Crippen molar-refractivity contribution < 1.29 is 19.0 Å². The van der Waals surface area contributed by atoms with E-state index in [2.05, 4.69) is 33.5 Å². The highest BCUT2D eigenvalue weighted by molar-refractivity contribution is 5.69. The number of rotatable bonds is 11. The number of methoxy groups -OCH3 is 1. The second kappa shape index (κ2) is 14.2. The van der Waals surface area contributed by atoms with E-state index >= 15 is 0 Å². The molecule has 1 aliphatic carbocycles. The summed E-state index contributed by atoms with van der Waals surface area (Å²) in [5, 5.41) is 0. The van der Waals surface area contributed by atoms with Gasteiger partial charge in [-0.05, 0) is 74.4 Å². The number of hydrogen-bond acceptors (Lipinski definition) is 6. The fourth-order valence-corrected chi connectivity index (χ4v) is 4.47. The molecule has 0 amide bonds. The first-order valence-corrected chi connectivity index (χ1v) is 13.1. The topological polar surface area (TPSA) is 75.5 Å². The summed E-state index contributed by atoms with van der Waals surface area (Å²) in [6, 6.07) is 9.80. The maximum atomic E-state index is 11.7. The number of carbonyl (C=O) groups is 1. The molecule has 38 heavy (non-hydrogen) atoms. The zero-order valence-electron chi connectivity index (χ0n) is 22.2. The first kappa shape index (κ1) is 27.2. The third kappa shape index (κ3) is 7.80. The van der Waals surface area contributed by atoms with E-state index in [4.69, 9.17) is 19.2 Å². The number of carbonyl (C=O) groups excluding carboxylic acids is 1. The van der Waals surface area contributed by atoms with Gasteiger partial charge in [0.1, 0.15) is 18.2 Å². The fraction of sp³-hybridized carbons (Fsp3) is 0.387. The highest BCUT2D eigenvalue weighted by Crippen LogP contribution is 2.25. The molecule has 2 aromatic heterocycles. The van der Waals surface area contributed by atoms with Crippen LogP contribution in [-0.2, 0) is 27.3 Å². The van der Waals surface area contributed by atoms with Crippen molar-refractivity contribution in [3.8, 4) is 23.3 Å². The molecule has 0 saturated carbocycles. The normalized spacial score (nSPS) is 14.5. The van der Waals surface area contributed by atoms with Crippen LogP contribution >= 0.6 is 0 Å². The van der Waals surface area contributed by atoms with Crippen molar-refractivity contribution in [3.63, 3.8) is 0 Å². The predicted octanol–water partition coefficient (Wildman–Crippen LogP) is 5.37. The number of imidazole rings is 1. The van der Waals surface area contributed by atoms with Gasteiger partial charge in [-0.2, -0.15) is 0 Å². The molecule has 198 valence electrons. The van der Waals surface area contributed by atoms with Crippen molar-refractivity contribution in [1.29, 1.82) is 0 Å². The largest absolute Gasteiger partial charge is 0.487 e. The predicted molar refractivity (Wildman–Crippen MR) is 146 cm³/mol. The highest BCUT2D eigenvalue weighted by atomic mass is 16.5. The van der Waals surface area contributed by atoms with E-state index in [9.17, 15) is 4.79 Å². The molecule has 1 aromatic carbocycles. The van der Waals surface area contributed by atoms with Gasteiger partial charge in [0.05, 0.1) is 23.8 Å². The molecule has 0 N–H and O–H groups in total. The van der Waals surface area contributed by atoms with Crippen molar-refractivity contribution in [1.82, 2.24) is 14.5 Å². The van der Waals surface area contributed by atoms with Crippen LogP contribution < -0.4 is 4.74 Å². The van der Waals surface area contributed by atoms with Gasteiger partial charge < -0.3 is 14.2 Å². The van der Waals surface area contributed by atoms with Crippen LogP contribution in [0.15, 0.2) is 61.1 Å². The Hall–Kier alpha value is -3.89. The average molecular weight is 514 g/mol. The Bertz CT molecular complexity index is 1290. The van der Waals surface area contributed by atoms with Crippen molar-refractivity contribution in [3.05, 3.63) is 83.7 Å². The zero-order chi connectivity index (χ0) is 26.6. The lowest BCUT2D eigenvalue weighted by atomic mass is 9.93. The van der Waals surface area contributed by atoms with Crippen LogP contribution in [0.5, 0.6) is 5.75 Å². The number of benzene rings is 1. The molecule has 7 heteroatoms. The van der Waals surface area contributed by atoms with E-state index in [0.717, 1.165) is 40.5 Å². The molecular weight excluding hydrogens is 478 g/mol. The van der Waals surface area contributed by atoms with Gasteiger partial charge in [0.2, 0.25) is 0 Å². The molecule has 1 unspecified atom stereocenters. The van der Waals surface area contributed by atoms with Crippen LogP contribution in [0, 0.1) is 24.7 Å². The summed E-state index contributed by atoms with van der Waals surface area (Å²) < 4.78 is 18.4. The van der Waals surface area contributed by atoms with Crippen molar-refractivity contribution >= 4 is 5.97 Å². The third-order valence-corrected chi connectivity index (χ3v) is 6.45. The molecule has 4 rings (SSSR count). The number of ether oxygens (including phenoxy) is 3. The lowest BCUT2D eigenvalue weighted by Gasteiger charge is -2.18. The first-order chi connectivity index (χ1) is 18.6. The van der Waals surface area contributed by atoms with E-state index in [1.54, 1.807) is 13.3 Å². The molecule has 0 spiro atoms. The van der Waals surface area contributed by atoms with Crippen molar-refractivity contribution in [2.75, 3.05) is 20.3 Å². The van der Waals surface area contributed by atoms with Crippen molar-refractivity contribution in [2.45, 2.75) is 52.1 Å². The maximum Gasteiger partial charge on any atom is 0.306 e. The van der Waals surface area contributed by atoms with Gasteiger partial charge in [-0.1, -0.05) is 24.0 Å². The number of pyridine rings is 1. The van der Waals surface area contributed by atoms with E-state index < -0.39 is 0 Å². The summed E-state index contributed by atoms with van der Waals surface area (Å²) in [7, 11) is 1.61. The SMILES string of the molecule is COCCCC(=O)OCC#Cc1ccc(OCc2cnc(CC3C=CCCC3)n2-c2cccnc2)cc1C. The van der Waals surface area contributed by atoms with Crippen LogP contribution in [-0.4, -0.2) is 40.8 Å². The summed E-state index contributed by atoms with van der Waals surface area (Å²) >= 11 is 0. The highest BCUT2D eigenvalue weighted by Gasteiger charge is 2.17. The van der Waals surface area contributed by atoms with Gasteiger partial charge in [-0.3, -0.25) is 14.3 Å². The number of aromatic nitrogens is 3. The number of esters is 1. The fourth-order valence-electron chi connectivity index (χ4n) is 4.47. The van der Waals surface area contributed by atoms with Crippen LogP contribution in [0.3, 0.4) is 0 Å². The number of hydrogen-bond donors (Lipinski definition) is 0. The number of aryl methyl sites for hydroxylation is 1. The molecule has 0 bridgehead atoms. The molecule has 0 radical (unpaired) electrons. The summed E-state index contributed by atoms with van der Waals surface area (Å²) in [5.41, 5.74) is 3.82. The second-order valence-corrected chi connectivity index (χ2v) is 9.36. The smallest absolute Gasteiger partial charge is 0.306 e. The molecule has 2 heterocycles. The summed E-state index contributed by atoms with van der Waals surface area (Å²) in [6.45, 7) is 2.98. The van der Waals surface area contributed by atoms with Crippen LogP contribution in [0.1, 0.15) is 54.7 Å². The number of nitrogens with zero attached hydrogens (tertiary/aromatic N) is 3. The standard InChI is InChI=1S/C31H35N3O4/c1-24-19-29(15-14-26(24)11-7-18-37-31(35)13-8-17-36-2)38-23-28-22-33-30(20-25-9-4-3-5-10-25)34(28)27-12-6-16-32-21-27/h4,6,9,12,14-16,19,21-22,25H,3,5,8,10,13,17-18,20,23H2,1-2H3. The lowest BCUT2D eigenvalue weighted by Crippen LogP contribution is -2.12. The van der Waals surface area contributed by atoms with Gasteiger partial charge in [-0.25, -0.2) is 4.98 Å². The van der Waals surface area contributed by atoms with E-state index in [-0.39, 0.29) is 12.6 Å². The molecule has 0 aliphatic heterocycles. The van der Waals surface area contributed by atoms with Gasteiger partial charge in [0.25, 0.3) is 0 Å². The summed E-state index contributed by atoms with van der Waals surface area (Å²) in [5.74, 6) is 8.01. The van der Waals surface area contributed by atoms with E-state index in [0.29, 0.717) is 32.0 Å². The lowest BCUT2D eigenvalue weighted by molar-refractivity contribution is -0.142. The minimum atomic E-state index is -0.263. The Labute approximate surface area is 224 Å². The molecule has 0 fully saturated rings. The molecule has 0 saturated heterocycles. The maximum absolute atomic E-state index is 11.7. The van der Waals surface area contributed by atoms with Gasteiger partial charge >= 0.3 is 5.97 Å². The average Bonchev–Trinajstić information content (AvgIpc) is 3.34. The Morgan fingerprint density at radius 2 is 2.16 bits per heavy atom. The Kier molecular flexibility index (Phi) is 10.1. The van der Waals surface area contributed by atoms with Crippen molar-refractivity contribution in [2.24, 2.45) is 5.92 Å². The first-order valence-electron chi connectivity index (χ1n) is 13.1. The Morgan fingerprint density at radius 1 is 1.24 bits per heavy atom. The van der Waals surface area contributed by atoms with Crippen LogP contribution in [0.2, 0.25) is 0 Å². The van der Waals surface area contributed by atoms with Gasteiger partial charge in [0.15, 0.2) is 6.61 Å². The number of allylic oxidation sites excluding steroid dienone is 2. The minimum absolute atomic E-state index is 0.0703.